The van der Waals surface area contributed by atoms with Gasteiger partial charge in [0, 0.05) is 27.9 Å². The van der Waals surface area contributed by atoms with E-state index in [0.29, 0.717) is 22.7 Å². The van der Waals surface area contributed by atoms with Crippen LogP contribution in [-0.4, -0.2) is 17.9 Å². The molecule has 0 unspecified atom stereocenters. The molecule has 0 atom stereocenters. The predicted molar refractivity (Wildman–Crippen MR) is 127 cm³/mol. The first kappa shape index (κ1) is 23.5. The molecule has 3 rings (SSSR count). The summed E-state index contributed by atoms with van der Waals surface area (Å²) < 4.78 is 11.7. The van der Waals surface area contributed by atoms with Crippen LogP contribution in [0.5, 0.6) is 11.5 Å². The van der Waals surface area contributed by atoms with Gasteiger partial charge in [0.15, 0.2) is 0 Å². The lowest BCUT2D eigenvalue weighted by Crippen LogP contribution is -2.13. The van der Waals surface area contributed by atoms with Crippen LogP contribution in [0.15, 0.2) is 76.8 Å². The van der Waals surface area contributed by atoms with E-state index < -0.39 is 10.8 Å². The first-order valence-corrected chi connectivity index (χ1v) is 10.4. The van der Waals surface area contributed by atoms with Gasteiger partial charge >= 0.3 is 0 Å². The van der Waals surface area contributed by atoms with Gasteiger partial charge in [-0.2, -0.15) is 5.26 Å². The van der Waals surface area contributed by atoms with Crippen LogP contribution in [0.25, 0.3) is 6.08 Å². The minimum atomic E-state index is -0.566. The number of carbonyl (C=O) groups excluding carboxylic acids is 1. The van der Waals surface area contributed by atoms with Crippen LogP contribution >= 0.6 is 15.9 Å². The van der Waals surface area contributed by atoms with Crippen molar-refractivity contribution in [2.24, 2.45) is 0 Å². The van der Waals surface area contributed by atoms with Gasteiger partial charge in [0.25, 0.3) is 11.6 Å². The second-order valence-electron chi connectivity index (χ2n) is 6.75. The second kappa shape index (κ2) is 10.9. The van der Waals surface area contributed by atoms with E-state index >= 15 is 0 Å². The molecule has 0 aliphatic carbocycles. The summed E-state index contributed by atoms with van der Waals surface area (Å²) in [5.41, 5.74) is 1.66. The molecule has 0 saturated heterocycles. The standard InChI is InChI=1S/C24H18BrN3O5/c1-32-22-9-5-20(6-10-22)27-24(29)18(14-26)12-17-13-19(25)4-11-23(17)33-15-16-2-7-21(8-3-16)28(30)31/h2-13H,15H2,1H3,(H,27,29)/b18-12+. The van der Waals surface area contributed by atoms with Gasteiger partial charge in [0.1, 0.15) is 29.7 Å². The Bertz CT molecular complexity index is 1230. The Kier molecular flexibility index (Phi) is 7.78. The van der Waals surface area contributed by atoms with E-state index in [1.165, 1.54) is 18.2 Å². The lowest BCUT2D eigenvalue weighted by Gasteiger charge is -2.11. The Morgan fingerprint density at radius 1 is 1.15 bits per heavy atom. The first-order valence-electron chi connectivity index (χ1n) is 9.62. The molecule has 0 aliphatic heterocycles. The summed E-state index contributed by atoms with van der Waals surface area (Å²) in [4.78, 5) is 23.0. The Morgan fingerprint density at radius 3 is 2.45 bits per heavy atom. The summed E-state index contributed by atoms with van der Waals surface area (Å²) in [7, 11) is 1.55. The highest BCUT2D eigenvalue weighted by molar-refractivity contribution is 9.10. The van der Waals surface area contributed by atoms with Crippen molar-refractivity contribution in [2.75, 3.05) is 12.4 Å². The minimum absolute atomic E-state index is 0.00690. The Balaban J connectivity index is 1.78. The van der Waals surface area contributed by atoms with Crippen molar-refractivity contribution in [1.29, 1.82) is 5.26 Å². The molecule has 166 valence electrons. The monoisotopic (exact) mass is 507 g/mol. The average molecular weight is 508 g/mol. The van der Waals surface area contributed by atoms with Gasteiger partial charge < -0.3 is 14.8 Å². The molecule has 1 amide bonds. The maximum atomic E-state index is 12.6. The number of amides is 1. The van der Waals surface area contributed by atoms with Crippen LogP contribution in [0.4, 0.5) is 11.4 Å². The van der Waals surface area contributed by atoms with E-state index in [9.17, 15) is 20.2 Å². The third-order valence-electron chi connectivity index (χ3n) is 4.53. The number of benzene rings is 3. The molecule has 0 aliphatic rings. The number of nitrogens with zero attached hydrogens (tertiary/aromatic N) is 2. The molecular weight excluding hydrogens is 490 g/mol. The highest BCUT2D eigenvalue weighted by atomic mass is 79.9. The van der Waals surface area contributed by atoms with Crippen molar-refractivity contribution < 1.29 is 19.2 Å². The number of nitriles is 1. The summed E-state index contributed by atoms with van der Waals surface area (Å²) in [6, 6.07) is 19.9. The highest BCUT2D eigenvalue weighted by Crippen LogP contribution is 2.27. The van der Waals surface area contributed by atoms with Gasteiger partial charge in [-0.1, -0.05) is 15.9 Å². The van der Waals surface area contributed by atoms with Crippen molar-refractivity contribution >= 4 is 39.3 Å². The normalized spacial score (nSPS) is 10.8. The fourth-order valence-corrected chi connectivity index (χ4v) is 3.19. The van der Waals surface area contributed by atoms with E-state index in [2.05, 4.69) is 21.2 Å². The Labute approximate surface area is 198 Å². The number of nitro groups is 1. The quantitative estimate of drug-likeness (QED) is 0.186. The summed E-state index contributed by atoms with van der Waals surface area (Å²) in [6.07, 6.45) is 1.44. The van der Waals surface area contributed by atoms with E-state index in [4.69, 9.17) is 9.47 Å². The number of rotatable bonds is 8. The number of hydrogen-bond donors (Lipinski definition) is 1. The first-order chi connectivity index (χ1) is 15.9. The second-order valence-corrected chi connectivity index (χ2v) is 7.66. The number of nitro benzene ring substituents is 1. The lowest BCUT2D eigenvalue weighted by atomic mass is 10.1. The smallest absolute Gasteiger partial charge is 0.269 e. The van der Waals surface area contributed by atoms with Crippen LogP contribution in [0.2, 0.25) is 0 Å². The van der Waals surface area contributed by atoms with Crippen LogP contribution in [0, 0.1) is 21.4 Å². The molecule has 0 heterocycles. The fourth-order valence-electron chi connectivity index (χ4n) is 2.82. The topological polar surface area (TPSA) is 114 Å². The van der Waals surface area contributed by atoms with Crippen LogP contribution in [-0.2, 0) is 11.4 Å². The van der Waals surface area contributed by atoms with Crippen LogP contribution in [0.3, 0.4) is 0 Å². The maximum absolute atomic E-state index is 12.6. The summed E-state index contributed by atoms with van der Waals surface area (Å²) >= 11 is 3.39. The van der Waals surface area contributed by atoms with Gasteiger partial charge in [-0.05, 0) is 66.2 Å². The molecule has 0 bridgehead atoms. The molecule has 3 aromatic carbocycles. The van der Waals surface area contributed by atoms with Gasteiger partial charge in [-0.15, -0.1) is 0 Å². The van der Waals surface area contributed by atoms with Crippen LogP contribution < -0.4 is 14.8 Å². The fraction of sp³-hybridized carbons (Fsp3) is 0.0833. The zero-order chi connectivity index (χ0) is 23.8. The number of carbonyl (C=O) groups is 1. The molecule has 0 aromatic heterocycles. The maximum Gasteiger partial charge on any atom is 0.269 e. The third kappa shape index (κ3) is 6.41. The van der Waals surface area contributed by atoms with Crippen molar-refractivity contribution in [2.45, 2.75) is 6.61 Å². The third-order valence-corrected chi connectivity index (χ3v) is 5.02. The van der Waals surface area contributed by atoms with E-state index in [1.807, 2.05) is 6.07 Å². The molecule has 0 saturated carbocycles. The molecular formula is C24H18BrN3O5. The molecule has 0 fully saturated rings. The number of hydrogen-bond acceptors (Lipinski definition) is 6. The van der Waals surface area contributed by atoms with Gasteiger partial charge in [0.2, 0.25) is 0 Å². The zero-order valence-corrected chi connectivity index (χ0v) is 19.0. The van der Waals surface area contributed by atoms with E-state index in [0.717, 1.165) is 10.0 Å². The van der Waals surface area contributed by atoms with Gasteiger partial charge in [-0.25, -0.2) is 0 Å². The number of methoxy groups -OCH3 is 1. The van der Waals surface area contributed by atoms with Crippen molar-refractivity contribution in [3.05, 3.63) is 98.0 Å². The lowest BCUT2D eigenvalue weighted by molar-refractivity contribution is -0.384. The Morgan fingerprint density at radius 2 is 1.85 bits per heavy atom. The molecule has 9 heteroatoms. The van der Waals surface area contributed by atoms with Gasteiger partial charge in [0.05, 0.1) is 12.0 Å². The molecule has 0 spiro atoms. The molecule has 33 heavy (non-hydrogen) atoms. The van der Waals surface area contributed by atoms with Crippen molar-refractivity contribution in [3.8, 4) is 17.6 Å². The van der Waals surface area contributed by atoms with Crippen LogP contribution in [0.1, 0.15) is 11.1 Å². The number of non-ortho nitro benzene ring substituents is 1. The summed E-state index contributed by atoms with van der Waals surface area (Å²) in [5.74, 6) is 0.526. The van der Waals surface area contributed by atoms with Crippen molar-refractivity contribution in [3.63, 3.8) is 0 Å². The number of nitrogens with one attached hydrogen (secondary N) is 1. The Hall–Kier alpha value is -4.16. The number of halogens is 1. The van der Waals surface area contributed by atoms with Crippen molar-refractivity contribution in [1.82, 2.24) is 0 Å². The largest absolute Gasteiger partial charge is 0.497 e. The molecule has 1 N–H and O–H groups in total. The number of ether oxygens (including phenoxy) is 2. The highest BCUT2D eigenvalue weighted by Gasteiger charge is 2.13. The molecule has 0 radical (unpaired) electrons. The zero-order valence-electron chi connectivity index (χ0n) is 17.4. The minimum Gasteiger partial charge on any atom is -0.497 e. The summed E-state index contributed by atoms with van der Waals surface area (Å²) in [5, 5.41) is 23.0. The van der Waals surface area contributed by atoms with E-state index in [-0.39, 0.29) is 17.9 Å². The molecule has 3 aromatic rings. The average Bonchev–Trinajstić information content (AvgIpc) is 2.82. The predicted octanol–water partition coefficient (Wildman–Crippen LogP) is 5.49. The number of anilines is 1. The molecule has 8 nitrogen and oxygen atoms in total. The SMILES string of the molecule is COc1ccc(NC(=O)/C(C#N)=C/c2cc(Br)ccc2OCc2ccc([N+](=O)[O-])cc2)cc1. The van der Waals surface area contributed by atoms with Gasteiger partial charge in [-0.3, -0.25) is 14.9 Å². The summed E-state index contributed by atoms with van der Waals surface area (Å²) in [6.45, 7) is 0.153. The van der Waals surface area contributed by atoms with E-state index in [1.54, 1.807) is 61.7 Å².